The lowest BCUT2D eigenvalue weighted by molar-refractivity contribution is 0.620. The summed E-state index contributed by atoms with van der Waals surface area (Å²) >= 11 is 12.1. The maximum absolute atomic E-state index is 6.09. The highest BCUT2D eigenvalue weighted by atomic mass is 35.5. The van der Waals surface area contributed by atoms with Crippen LogP contribution in [0, 0.1) is 0 Å². The van der Waals surface area contributed by atoms with E-state index < -0.39 is 0 Å². The van der Waals surface area contributed by atoms with Gasteiger partial charge in [-0.1, -0.05) is 23.2 Å². The summed E-state index contributed by atoms with van der Waals surface area (Å²) in [5.74, 6) is 0.443. The van der Waals surface area contributed by atoms with Gasteiger partial charge in [0.05, 0.1) is 10.7 Å². The predicted molar refractivity (Wildman–Crippen MR) is 78.3 cm³/mol. The minimum Gasteiger partial charge on any atom is -0.434 e. The smallest absolute Gasteiger partial charge is 0.227 e. The fraction of sp³-hybridized carbons (Fsp3) is 0. The van der Waals surface area contributed by atoms with Gasteiger partial charge in [0.1, 0.15) is 10.5 Å². The first-order chi connectivity index (χ1) is 9.06. The number of nitrogens with two attached hydrogens (primary N) is 2. The third-order valence-electron chi connectivity index (χ3n) is 2.77. The van der Waals surface area contributed by atoms with Crippen LogP contribution in [0.25, 0.3) is 22.6 Å². The molecule has 1 aromatic heterocycles. The fourth-order valence-corrected chi connectivity index (χ4v) is 2.24. The van der Waals surface area contributed by atoms with Gasteiger partial charge in [0.25, 0.3) is 0 Å². The van der Waals surface area contributed by atoms with Crippen molar-refractivity contribution >= 4 is 45.7 Å². The van der Waals surface area contributed by atoms with Crippen LogP contribution < -0.4 is 11.5 Å². The molecule has 19 heavy (non-hydrogen) atoms. The molecule has 6 heteroatoms. The monoisotopic (exact) mass is 293 g/mol. The summed E-state index contributed by atoms with van der Waals surface area (Å²) < 4.78 is 5.64. The van der Waals surface area contributed by atoms with Crippen molar-refractivity contribution in [3.05, 3.63) is 40.4 Å². The molecule has 0 unspecified atom stereocenters. The summed E-state index contributed by atoms with van der Waals surface area (Å²) in [6.45, 7) is 0. The van der Waals surface area contributed by atoms with Crippen LogP contribution in [0.15, 0.2) is 34.7 Å². The van der Waals surface area contributed by atoms with Crippen molar-refractivity contribution in [2.75, 3.05) is 11.5 Å². The van der Waals surface area contributed by atoms with Crippen LogP contribution in [0.2, 0.25) is 10.0 Å². The summed E-state index contributed by atoms with van der Waals surface area (Å²) in [5, 5.41) is 0.631. The molecule has 1 heterocycles. The summed E-state index contributed by atoms with van der Waals surface area (Å²) in [5.41, 5.74) is 14.1. The second-order valence-corrected chi connectivity index (χ2v) is 4.86. The van der Waals surface area contributed by atoms with E-state index in [-0.39, 0.29) is 10.7 Å². The van der Waals surface area contributed by atoms with Gasteiger partial charge in [-0.25, -0.2) is 4.98 Å². The SMILES string of the molecule is Nc1ccc(-c2nc3cc(Cl)c(N)c(Cl)c3o2)cc1. The first-order valence-electron chi connectivity index (χ1n) is 5.46. The zero-order valence-electron chi connectivity index (χ0n) is 9.65. The molecule has 0 fully saturated rings. The van der Waals surface area contributed by atoms with Gasteiger partial charge in [-0.15, -0.1) is 0 Å². The third-order valence-corrected chi connectivity index (χ3v) is 3.46. The number of fused-ring (bicyclic) bond motifs is 1. The van der Waals surface area contributed by atoms with Gasteiger partial charge in [0, 0.05) is 11.3 Å². The van der Waals surface area contributed by atoms with Crippen molar-refractivity contribution in [3.63, 3.8) is 0 Å². The van der Waals surface area contributed by atoms with Crippen molar-refractivity contribution in [1.29, 1.82) is 0 Å². The zero-order valence-corrected chi connectivity index (χ0v) is 11.2. The predicted octanol–water partition coefficient (Wildman–Crippen LogP) is 3.97. The molecule has 0 saturated heterocycles. The maximum Gasteiger partial charge on any atom is 0.227 e. The van der Waals surface area contributed by atoms with Crippen LogP contribution in [-0.4, -0.2) is 4.98 Å². The van der Waals surface area contributed by atoms with Gasteiger partial charge in [-0.2, -0.15) is 0 Å². The Labute approximate surface area is 118 Å². The molecule has 0 bridgehead atoms. The van der Waals surface area contributed by atoms with E-state index in [4.69, 9.17) is 39.1 Å². The highest BCUT2D eigenvalue weighted by Gasteiger charge is 2.15. The Morgan fingerprint density at radius 2 is 1.74 bits per heavy atom. The van der Waals surface area contributed by atoms with E-state index in [1.54, 1.807) is 18.2 Å². The van der Waals surface area contributed by atoms with Crippen molar-refractivity contribution in [2.24, 2.45) is 0 Å². The second kappa shape index (κ2) is 4.33. The Balaban J connectivity index is 2.22. The van der Waals surface area contributed by atoms with Crippen molar-refractivity contribution in [2.45, 2.75) is 0 Å². The van der Waals surface area contributed by atoms with Crippen LogP contribution >= 0.6 is 23.2 Å². The van der Waals surface area contributed by atoms with Gasteiger partial charge in [-0.05, 0) is 30.3 Å². The minimum absolute atomic E-state index is 0.275. The third kappa shape index (κ3) is 1.99. The lowest BCUT2D eigenvalue weighted by Gasteiger charge is -1.99. The van der Waals surface area contributed by atoms with E-state index in [1.165, 1.54) is 0 Å². The van der Waals surface area contributed by atoms with Crippen LogP contribution in [0.3, 0.4) is 0 Å². The highest BCUT2D eigenvalue weighted by molar-refractivity contribution is 6.42. The number of aromatic nitrogens is 1. The molecule has 2 aromatic carbocycles. The lowest BCUT2D eigenvalue weighted by atomic mass is 10.2. The van der Waals surface area contributed by atoms with Crippen molar-refractivity contribution in [1.82, 2.24) is 4.98 Å². The van der Waals surface area contributed by atoms with Gasteiger partial charge in [0.15, 0.2) is 5.58 Å². The molecule has 4 nitrogen and oxygen atoms in total. The van der Waals surface area contributed by atoms with Crippen molar-refractivity contribution < 1.29 is 4.42 Å². The molecule has 0 aliphatic heterocycles. The molecule has 0 amide bonds. The Morgan fingerprint density at radius 1 is 1.05 bits per heavy atom. The van der Waals surface area contributed by atoms with E-state index in [2.05, 4.69) is 4.98 Å². The van der Waals surface area contributed by atoms with Crippen LogP contribution in [-0.2, 0) is 0 Å². The standard InChI is InChI=1S/C13H9Cl2N3O/c14-8-5-9-12(10(15)11(8)17)19-13(18-9)6-1-3-7(16)4-2-6/h1-5H,16-17H2. The molecule has 96 valence electrons. The van der Waals surface area contributed by atoms with Crippen LogP contribution in [0.4, 0.5) is 11.4 Å². The van der Waals surface area contributed by atoms with E-state index in [0.717, 1.165) is 5.56 Å². The van der Waals surface area contributed by atoms with E-state index in [1.807, 2.05) is 12.1 Å². The van der Waals surface area contributed by atoms with Gasteiger partial charge < -0.3 is 15.9 Å². The number of hydrogen-bond donors (Lipinski definition) is 2. The first-order valence-corrected chi connectivity index (χ1v) is 6.22. The van der Waals surface area contributed by atoms with Crippen molar-refractivity contribution in [3.8, 4) is 11.5 Å². The molecule has 0 spiro atoms. The number of nitrogen functional groups attached to an aromatic ring is 2. The molecule has 0 radical (unpaired) electrons. The normalized spacial score (nSPS) is 11.1. The van der Waals surface area contributed by atoms with E-state index in [0.29, 0.717) is 27.7 Å². The molecule has 0 atom stereocenters. The maximum atomic E-state index is 6.09. The molecular weight excluding hydrogens is 285 g/mol. The van der Waals surface area contributed by atoms with Gasteiger partial charge in [-0.3, -0.25) is 0 Å². The second-order valence-electron chi connectivity index (χ2n) is 4.08. The Bertz CT molecular complexity index is 766. The van der Waals surface area contributed by atoms with E-state index >= 15 is 0 Å². The number of hydrogen-bond acceptors (Lipinski definition) is 4. The summed E-state index contributed by atoms with van der Waals surface area (Å²) in [7, 11) is 0. The Morgan fingerprint density at radius 3 is 2.42 bits per heavy atom. The molecule has 3 rings (SSSR count). The Hall–Kier alpha value is -1.91. The number of nitrogens with zero attached hydrogens (tertiary/aromatic N) is 1. The molecular formula is C13H9Cl2N3O. The van der Waals surface area contributed by atoms with Gasteiger partial charge in [0.2, 0.25) is 5.89 Å². The highest BCUT2D eigenvalue weighted by Crippen LogP contribution is 2.37. The summed E-state index contributed by atoms with van der Waals surface area (Å²) in [6, 6.07) is 8.81. The van der Waals surface area contributed by atoms with E-state index in [9.17, 15) is 0 Å². The molecule has 0 aliphatic carbocycles. The Kier molecular flexibility index (Phi) is 2.77. The number of halogens is 2. The first kappa shape index (κ1) is 12.1. The topological polar surface area (TPSA) is 78.1 Å². The zero-order chi connectivity index (χ0) is 13.6. The van der Waals surface area contributed by atoms with Crippen LogP contribution in [0.5, 0.6) is 0 Å². The average Bonchev–Trinajstić information content (AvgIpc) is 2.81. The lowest BCUT2D eigenvalue weighted by Crippen LogP contribution is -1.87. The van der Waals surface area contributed by atoms with Gasteiger partial charge >= 0.3 is 0 Å². The average molecular weight is 294 g/mol. The number of rotatable bonds is 1. The largest absolute Gasteiger partial charge is 0.434 e. The number of benzene rings is 2. The van der Waals surface area contributed by atoms with Crippen LogP contribution in [0.1, 0.15) is 0 Å². The fourth-order valence-electron chi connectivity index (χ4n) is 1.76. The molecule has 4 N–H and O–H groups in total. The number of oxazole rings is 1. The number of anilines is 2. The minimum atomic E-state index is 0.275. The summed E-state index contributed by atoms with van der Waals surface area (Å²) in [6.07, 6.45) is 0. The molecule has 0 saturated carbocycles. The molecule has 0 aliphatic rings. The molecule has 3 aromatic rings. The summed E-state index contributed by atoms with van der Waals surface area (Å²) in [4.78, 5) is 4.34. The quantitative estimate of drug-likeness (QED) is 0.666.